The van der Waals surface area contributed by atoms with Crippen LogP contribution in [0.2, 0.25) is 0 Å². The second-order valence-electron chi connectivity index (χ2n) is 8.38. The summed E-state index contributed by atoms with van der Waals surface area (Å²) in [6, 6.07) is 18.1. The minimum absolute atomic E-state index is 0.431. The zero-order valence-electron chi connectivity index (χ0n) is 17.3. The van der Waals surface area contributed by atoms with Crippen LogP contribution in [0.4, 0.5) is 0 Å². The lowest BCUT2D eigenvalue weighted by Crippen LogP contribution is -2.34. The van der Waals surface area contributed by atoms with Gasteiger partial charge >= 0.3 is 0 Å². The van der Waals surface area contributed by atoms with E-state index in [1.807, 2.05) is 12.1 Å². The normalized spacial score (nSPS) is 15.5. The molecular formula is C24H26N6O. The molecule has 2 aromatic heterocycles. The molecule has 4 aromatic rings. The molecule has 2 aromatic carbocycles. The van der Waals surface area contributed by atoms with Crippen molar-refractivity contribution in [3.63, 3.8) is 0 Å². The van der Waals surface area contributed by atoms with Crippen LogP contribution in [0.15, 0.2) is 54.6 Å². The fourth-order valence-electron chi connectivity index (χ4n) is 4.41. The molecule has 7 nitrogen and oxygen atoms in total. The molecule has 1 aliphatic rings. The predicted octanol–water partition coefficient (Wildman–Crippen LogP) is 3.51. The number of aromatic nitrogens is 4. The lowest BCUT2D eigenvalue weighted by molar-refractivity contribution is 0.100. The quantitative estimate of drug-likeness (QED) is 0.449. The average molecular weight is 415 g/mol. The molecule has 1 aliphatic heterocycles. The fourth-order valence-corrected chi connectivity index (χ4v) is 4.41. The number of hydrogen-bond acceptors (Lipinski definition) is 4. The number of H-pyrrole nitrogens is 2. The molecule has 1 amide bonds. The standard InChI is InChI=1S/C24H26N6O/c25-23(31)18-6-7-20-19(13-18)14-21(26-20)24-27-22(28-29-24)15-30-10-8-17(9-11-30)12-16-4-2-1-3-5-16/h1-7,13-14,17,26H,8-12,15H2,(H2,25,31)(H,27,28,29). The van der Waals surface area contributed by atoms with Crippen molar-refractivity contribution in [2.24, 2.45) is 11.7 Å². The van der Waals surface area contributed by atoms with E-state index >= 15 is 0 Å². The smallest absolute Gasteiger partial charge is 0.248 e. The molecule has 4 N–H and O–H groups in total. The Balaban J connectivity index is 1.20. The van der Waals surface area contributed by atoms with Gasteiger partial charge in [0.1, 0.15) is 5.82 Å². The number of nitrogens with two attached hydrogens (primary N) is 1. The average Bonchev–Trinajstić information content (AvgIpc) is 3.42. The minimum Gasteiger partial charge on any atom is -0.366 e. The van der Waals surface area contributed by atoms with Crippen LogP contribution < -0.4 is 5.73 Å². The summed E-state index contributed by atoms with van der Waals surface area (Å²) >= 11 is 0. The molecule has 0 aliphatic carbocycles. The van der Waals surface area contributed by atoms with E-state index in [4.69, 9.17) is 5.73 Å². The first-order valence-corrected chi connectivity index (χ1v) is 10.7. The molecule has 1 saturated heterocycles. The Morgan fingerprint density at radius 2 is 1.84 bits per heavy atom. The van der Waals surface area contributed by atoms with Crippen LogP contribution in [0, 0.1) is 5.92 Å². The van der Waals surface area contributed by atoms with Crippen LogP contribution in [0.5, 0.6) is 0 Å². The van der Waals surface area contributed by atoms with Gasteiger partial charge in [0.05, 0.1) is 12.2 Å². The third-order valence-electron chi connectivity index (χ3n) is 6.14. The van der Waals surface area contributed by atoms with Gasteiger partial charge in [-0.1, -0.05) is 30.3 Å². The summed E-state index contributed by atoms with van der Waals surface area (Å²) in [5.41, 5.74) is 9.08. The van der Waals surface area contributed by atoms with E-state index in [9.17, 15) is 4.79 Å². The van der Waals surface area contributed by atoms with Crippen LogP contribution in [-0.4, -0.2) is 44.1 Å². The molecule has 1 fully saturated rings. The molecule has 0 saturated carbocycles. The van der Waals surface area contributed by atoms with Gasteiger partial charge in [0.2, 0.25) is 5.91 Å². The van der Waals surface area contributed by atoms with Gasteiger partial charge in [-0.3, -0.25) is 9.69 Å². The van der Waals surface area contributed by atoms with Crippen molar-refractivity contribution in [2.45, 2.75) is 25.8 Å². The first-order chi connectivity index (χ1) is 15.1. The van der Waals surface area contributed by atoms with Crippen LogP contribution in [0.3, 0.4) is 0 Å². The fraction of sp³-hybridized carbons (Fsp3) is 0.292. The van der Waals surface area contributed by atoms with Gasteiger partial charge < -0.3 is 15.7 Å². The number of piperidine rings is 1. The summed E-state index contributed by atoms with van der Waals surface area (Å²) in [6.07, 6.45) is 3.58. The molecule has 158 valence electrons. The van der Waals surface area contributed by atoms with Crippen molar-refractivity contribution >= 4 is 16.8 Å². The Morgan fingerprint density at radius 1 is 1.03 bits per heavy atom. The molecule has 0 spiro atoms. The summed E-state index contributed by atoms with van der Waals surface area (Å²) < 4.78 is 0. The number of primary amides is 1. The lowest BCUT2D eigenvalue weighted by atomic mass is 9.90. The molecule has 7 heteroatoms. The largest absolute Gasteiger partial charge is 0.366 e. The number of likely N-dealkylation sites (tertiary alicyclic amines) is 1. The van der Waals surface area contributed by atoms with E-state index in [0.717, 1.165) is 48.0 Å². The highest BCUT2D eigenvalue weighted by Gasteiger charge is 2.21. The van der Waals surface area contributed by atoms with Crippen LogP contribution in [0.25, 0.3) is 22.4 Å². The summed E-state index contributed by atoms with van der Waals surface area (Å²) in [7, 11) is 0. The van der Waals surface area contributed by atoms with Gasteiger partial charge in [-0.05, 0) is 68.1 Å². The Morgan fingerprint density at radius 3 is 2.61 bits per heavy atom. The van der Waals surface area contributed by atoms with Crippen LogP contribution in [-0.2, 0) is 13.0 Å². The van der Waals surface area contributed by atoms with Crippen molar-refractivity contribution in [1.82, 2.24) is 25.1 Å². The first kappa shape index (κ1) is 19.5. The molecule has 0 radical (unpaired) electrons. The maximum Gasteiger partial charge on any atom is 0.248 e. The molecule has 31 heavy (non-hydrogen) atoms. The summed E-state index contributed by atoms with van der Waals surface area (Å²) in [6.45, 7) is 2.93. The number of carbonyl (C=O) groups excluding carboxylic acids is 1. The van der Waals surface area contributed by atoms with E-state index in [0.29, 0.717) is 11.4 Å². The molecule has 0 bridgehead atoms. The van der Waals surface area contributed by atoms with Crippen LogP contribution in [0.1, 0.15) is 34.6 Å². The number of amides is 1. The van der Waals surface area contributed by atoms with Gasteiger partial charge in [-0.25, -0.2) is 0 Å². The molecule has 0 atom stereocenters. The van der Waals surface area contributed by atoms with Crippen molar-refractivity contribution in [3.8, 4) is 11.5 Å². The minimum atomic E-state index is -0.431. The Bertz CT molecular complexity index is 1190. The number of aromatic amines is 2. The van der Waals surface area contributed by atoms with Gasteiger partial charge in [0.15, 0.2) is 5.82 Å². The van der Waals surface area contributed by atoms with E-state index < -0.39 is 5.91 Å². The summed E-state index contributed by atoms with van der Waals surface area (Å²) in [5.74, 6) is 1.89. The third-order valence-corrected chi connectivity index (χ3v) is 6.14. The third kappa shape index (κ3) is 4.36. The number of nitrogens with zero attached hydrogens (tertiary/aromatic N) is 3. The second kappa shape index (κ2) is 8.35. The van der Waals surface area contributed by atoms with Crippen molar-refractivity contribution in [1.29, 1.82) is 0 Å². The highest BCUT2D eigenvalue weighted by molar-refractivity contribution is 5.97. The number of hydrogen-bond donors (Lipinski definition) is 3. The van der Waals surface area contributed by atoms with Crippen LogP contribution >= 0.6 is 0 Å². The van der Waals surface area contributed by atoms with E-state index in [2.05, 4.69) is 55.4 Å². The Kier molecular flexibility index (Phi) is 5.26. The number of benzene rings is 2. The van der Waals surface area contributed by atoms with Crippen molar-refractivity contribution in [3.05, 3.63) is 71.5 Å². The number of carbonyl (C=O) groups is 1. The number of fused-ring (bicyclic) bond motifs is 1. The SMILES string of the molecule is NC(=O)c1ccc2[nH]c(-c3nnc(CN4CCC(Cc5ccccc5)CC4)[nH]3)cc2c1. The topological polar surface area (TPSA) is 104 Å². The summed E-state index contributed by atoms with van der Waals surface area (Å²) in [5, 5.41) is 9.59. The summed E-state index contributed by atoms with van der Waals surface area (Å²) in [4.78, 5) is 20.5. The van der Waals surface area contributed by atoms with E-state index in [1.165, 1.54) is 24.8 Å². The zero-order chi connectivity index (χ0) is 21.2. The molecular weight excluding hydrogens is 388 g/mol. The first-order valence-electron chi connectivity index (χ1n) is 10.7. The van der Waals surface area contributed by atoms with Gasteiger partial charge in [-0.2, -0.15) is 0 Å². The van der Waals surface area contributed by atoms with Gasteiger partial charge in [-0.15, -0.1) is 10.2 Å². The monoisotopic (exact) mass is 414 g/mol. The Hall–Kier alpha value is -3.45. The van der Waals surface area contributed by atoms with Gasteiger partial charge in [0, 0.05) is 16.5 Å². The predicted molar refractivity (Wildman–Crippen MR) is 120 cm³/mol. The Labute approximate surface area is 180 Å². The molecule has 0 unspecified atom stereocenters. The lowest BCUT2D eigenvalue weighted by Gasteiger charge is -2.31. The van der Waals surface area contributed by atoms with E-state index in [-0.39, 0.29) is 0 Å². The number of nitrogens with one attached hydrogen (secondary N) is 2. The highest BCUT2D eigenvalue weighted by atomic mass is 16.1. The van der Waals surface area contributed by atoms with Crippen molar-refractivity contribution < 1.29 is 4.79 Å². The van der Waals surface area contributed by atoms with Gasteiger partial charge in [0.25, 0.3) is 0 Å². The molecule has 5 rings (SSSR count). The van der Waals surface area contributed by atoms with E-state index in [1.54, 1.807) is 12.1 Å². The highest BCUT2D eigenvalue weighted by Crippen LogP contribution is 2.24. The van der Waals surface area contributed by atoms with Crippen molar-refractivity contribution in [2.75, 3.05) is 13.1 Å². The molecule has 3 heterocycles. The maximum atomic E-state index is 11.4. The second-order valence-corrected chi connectivity index (χ2v) is 8.38. The number of rotatable bonds is 6. The zero-order valence-corrected chi connectivity index (χ0v) is 17.3. The maximum absolute atomic E-state index is 11.4.